The van der Waals surface area contributed by atoms with E-state index in [1.807, 2.05) is 44.2 Å². The van der Waals surface area contributed by atoms with E-state index in [-0.39, 0.29) is 11.5 Å². The number of hydrogen-bond acceptors (Lipinski definition) is 4. The number of likely N-dealkylation sites (N-methyl/N-ethyl adjacent to an activating group) is 1. The summed E-state index contributed by atoms with van der Waals surface area (Å²) in [6, 6.07) is 13.6. The van der Waals surface area contributed by atoms with Crippen LogP contribution >= 0.6 is 15.9 Å². The number of benzene rings is 2. The van der Waals surface area contributed by atoms with Gasteiger partial charge in [-0.25, -0.2) is 0 Å². The fourth-order valence-corrected chi connectivity index (χ4v) is 3.04. The molecule has 28 heavy (non-hydrogen) atoms. The summed E-state index contributed by atoms with van der Waals surface area (Å²) in [5, 5.41) is 9.30. The van der Waals surface area contributed by atoms with Gasteiger partial charge in [0.15, 0.2) is 11.5 Å². The first-order chi connectivity index (χ1) is 13.3. The fourth-order valence-electron chi connectivity index (χ4n) is 2.46. The Morgan fingerprint density at radius 3 is 2.46 bits per heavy atom. The monoisotopic (exact) mass is 442 g/mol. The Labute approximate surface area is 174 Å². The molecule has 1 amide bonds. The molecule has 0 saturated heterocycles. The highest BCUT2D eigenvalue weighted by Crippen LogP contribution is 2.38. The molecule has 0 heterocycles. The largest absolute Gasteiger partial charge is 0.490 e. The van der Waals surface area contributed by atoms with Crippen LogP contribution in [0.5, 0.6) is 11.5 Å². The molecule has 6 heteroatoms. The molecule has 2 rings (SSSR count). The minimum atomic E-state index is -0.351. The number of rotatable bonds is 7. The van der Waals surface area contributed by atoms with Crippen LogP contribution in [0.25, 0.3) is 6.08 Å². The molecule has 0 fully saturated rings. The number of nitriles is 1. The van der Waals surface area contributed by atoms with Gasteiger partial charge >= 0.3 is 0 Å². The second-order valence-electron chi connectivity index (χ2n) is 6.41. The normalized spacial score (nSPS) is 10.9. The second-order valence-corrected chi connectivity index (χ2v) is 7.26. The zero-order valence-corrected chi connectivity index (χ0v) is 18.0. The smallest absolute Gasteiger partial charge is 0.264 e. The fraction of sp³-hybridized carbons (Fsp3) is 0.273. The standard InChI is InChI=1S/C22H23BrN2O3/c1-5-27-20-12-17(10-18(13-24)22(26)25(3)4)11-19(23)21(20)28-14-16-8-6-15(2)7-9-16/h6-12H,5,14H2,1-4H3/b18-10-. The molecule has 0 aliphatic heterocycles. The summed E-state index contributed by atoms with van der Waals surface area (Å²) >= 11 is 3.52. The van der Waals surface area contributed by atoms with Crippen molar-refractivity contribution in [3.8, 4) is 17.6 Å². The van der Waals surface area contributed by atoms with E-state index in [9.17, 15) is 10.1 Å². The molecule has 0 aromatic heterocycles. The van der Waals surface area contributed by atoms with Crippen LogP contribution in [0.1, 0.15) is 23.6 Å². The molecule has 0 aliphatic rings. The molecule has 2 aromatic carbocycles. The molecule has 0 aliphatic carbocycles. The Morgan fingerprint density at radius 1 is 1.21 bits per heavy atom. The first-order valence-electron chi connectivity index (χ1n) is 8.83. The van der Waals surface area contributed by atoms with Crippen molar-refractivity contribution in [2.45, 2.75) is 20.5 Å². The molecule has 0 spiro atoms. The van der Waals surface area contributed by atoms with Crippen LogP contribution in [0.2, 0.25) is 0 Å². The van der Waals surface area contributed by atoms with Gasteiger partial charge in [-0.1, -0.05) is 29.8 Å². The lowest BCUT2D eigenvalue weighted by molar-refractivity contribution is -0.124. The molecular weight excluding hydrogens is 420 g/mol. The molecule has 5 nitrogen and oxygen atoms in total. The maximum Gasteiger partial charge on any atom is 0.264 e. The van der Waals surface area contributed by atoms with Crippen molar-refractivity contribution in [2.24, 2.45) is 0 Å². The third-order valence-electron chi connectivity index (χ3n) is 3.90. The summed E-state index contributed by atoms with van der Waals surface area (Å²) in [6.07, 6.45) is 1.54. The number of hydrogen-bond donors (Lipinski definition) is 0. The van der Waals surface area contributed by atoms with Gasteiger partial charge in [-0.05, 0) is 59.1 Å². The first kappa shape index (κ1) is 21.5. The summed E-state index contributed by atoms with van der Waals surface area (Å²) in [4.78, 5) is 13.5. The van der Waals surface area contributed by atoms with Gasteiger partial charge in [-0.3, -0.25) is 4.79 Å². The Morgan fingerprint density at radius 2 is 1.89 bits per heavy atom. The van der Waals surface area contributed by atoms with Crippen molar-refractivity contribution in [1.29, 1.82) is 5.26 Å². The van der Waals surface area contributed by atoms with E-state index in [2.05, 4.69) is 15.9 Å². The van der Waals surface area contributed by atoms with Crippen molar-refractivity contribution >= 4 is 27.9 Å². The third kappa shape index (κ3) is 5.61. The first-order valence-corrected chi connectivity index (χ1v) is 9.63. The van der Waals surface area contributed by atoms with Gasteiger partial charge in [0, 0.05) is 14.1 Å². The molecular formula is C22H23BrN2O3. The Kier molecular flexibility index (Phi) is 7.65. The lowest BCUT2D eigenvalue weighted by Gasteiger charge is -2.15. The van der Waals surface area contributed by atoms with E-state index in [4.69, 9.17) is 9.47 Å². The zero-order chi connectivity index (χ0) is 20.7. The van der Waals surface area contributed by atoms with Crippen molar-refractivity contribution in [3.63, 3.8) is 0 Å². The molecule has 0 unspecified atom stereocenters. The van der Waals surface area contributed by atoms with Crippen LogP contribution in [0.4, 0.5) is 0 Å². The number of ether oxygens (including phenoxy) is 2. The van der Waals surface area contributed by atoms with Gasteiger partial charge in [-0.2, -0.15) is 5.26 Å². The van der Waals surface area contributed by atoms with E-state index in [1.54, 1.807) is 32.3 Å². The van der Waals surface area contributed by atoms with Crippen LogP contribution in [0, 0.1) is 18.3 Å². The molecule has 2 aromatic rings. The van der Waals surface area contributed by atoms with Crippen LogP contribution in [-0.4, -0.2) is 31.5 Å². The third-order valence-corrected chi connectivity index (χ3v) is 4.49. The highest BCUT2D eigenvalue weighted by Gasteiger charge is 2.15. The summed E-state index contributed by atoms with van der Waals surface area (Å²) in [5.74, 6) is 0.776. The minimum absolute atomic E-state index is 0.0488. The van der Waals surface area contributed by atoms with E-state index in [1.165, 1.54) is 10.5 Å². The van der Waals surface area contributed by atoms with Gasteiger partial charge in [-0.15, -0.1) is 0 Å². The lowest BCUT2D eigenvalue weighted by Crippen LogP contribution is -2.22. The van der Waals surface area contributed by atoms with Gasteiger partial charge in [0.1, 0.15) is 18.2 Å². The number of aryl methyl sites for hydroxylation is 1. The number of halogens is 1. The van der Waals surface area contributed by atoms with Crippen molar-refractivity contribution < 1.29 is 14.3 Å². The topological polar surface area (TPSA) is 62.6 Å². The van der Waals surface area contributed by atoms with Gasteiger partial charge in [0.05, 0.1) is 11.1 Å². The molecule has 0 N–H and O–H groups in total. The van der Waals surface area contributed by atoms with E-state index in [0.29, 0.717) is 34.7 Å². The van der Waals surface area contributed by atoms with Crippen LogP contribution < -0.4 is 9.47 Å². The van der Waals surface area contributed by atoms with Crippen LogP contribution in [0.3, 0.4) is 0 Å². The van der Waals surface area contributed by atoms with Crippen molar-refractivity contribution in [3.05, 3.63) is 63.1 Å². The van der Waals surface area contributed by atoms with E-state index < -0.39 is 0 Å². The molecule has 0 radical (unpaired) electrons. The maximum absolute atomic E-state index is 12.1. The molecule has 0 saturated carbocycles. The Bertz CT molecular complexity index is 913. The molecule has 0 bridgehead atoms. The Hall–Kier alpha value is -2.78. The second kappa shape index (κ2) is 9.95. The van der Waals surface area contributed by atoms with Crippen molar-refractivity contribution in [1.82, 2.24) is 4.90 Å². The quantitative estimate of drug-likeness (QED) is 0.459. The SMILES string of the molecule is CCOc1cc(/C=C(/C#N)C(=O)N(C)C)cc(Br)c1OCc1ccc(C)cc1. The number of amides is 1. The summed E-state index contributed by atoms with van der Waals surface area (Å²) < 4.78 is 12.4. The van der Waals surface area contributed by atoms with Crippen LogP contribution in [0.15, 0.2) is 46.4 Å². The lowest BCUT2D eigenvalue weighted by atomic mass is 10.1. The number of carbonyl (C=O) groups is 1. The van der Waals surface area contributed by atoms with E-state index >= 15 is 0 Å². The van der Waals surface area contributed by atoms with Crippen molar-refractivity contribution in [2.75, 3.05) is 20.7 Å². The van der Waals surface area contributed by atoms with Crippen LogP contribution in [-0.2, 0) is 11.4 Å². The predicted octanol–water partition coefficient (Wildman–Crippen LogP) is 4.73. The summed E-state index contributed by atoms with van der Waals surface area (Å²) in [7, 11) is 3.22. The summed E-state index contributed by atoms with van der Waals surface area (Å²) in [5.41, 5.74) is 2.96. The molecule has 0 atom stereocenters. The molecule has 146 valence electrons. The minimum Gasteiger partial charge on any atom is -0.490 e. The summed E-state index contributed by atoms with van der Waals surface area (Å²) in [6.45, 7) is 4.78. The highest BCUT2D eigenvalue weighted by atomic mass is 79.9. The number of carbonyl (C=O) groups excluding carboxylic acids is 1. The van der Waals surface area contributed by atoms with Gasteiger partial charge in [0.25, 0.3) is 5.91 Å². The Balaban J connectivity index is 2.34. The predicted molar refractivity (Wildman–Crippen MR) is 113 cm³/mol. The average molecular weight is 443 g/mol. The van der Waals surface area contributed by atoms with Gasteiger partial charge < -0.3 is 14.4 Å². The highest BCUT2D eigenvalue weighted by molar-refractivity contribution is 9.10. The average Bonchev–Trinajstić information content (AvgIpc) is 2.66. The zero-order valence-electron chi connectivity index (χ0n) is 16.5. The number of nitrogens with zero attached hydrogens (tertiary/aromatic N) is 2. The van der Waals surface area contributed by atoms with Gasteiger partial charge in [0.2, 0.25) is 0 Å². The maximum atomic E-state index is 12.1. The van der Waals surface area contributed by atoms with E-state index in [0.717, 1.165) is 5.56 Å².